The highest BCUT2D eigenvalue weighted by Crippen LogP contribution is 2.32. The number of nitrogens with zero attached hydrogens (tertiary/aromatic N) is 2. The van der Waals surface area contributed by atoms with Crippen molar-refractivity contribution >= 4 is 45.5 Å². The van der Waals surface area contributed by atoms with E-state index in [4.69, 9.17) is 14.2 Å². The zero-order chi connectivity index (χ0) is 21.0. The molecule has 0 aliphatic carbocycles. The largest absolute Gasteiger partial charge is 0.493 e. The number of hydrogen-bond donors (Lipinski definition) is 1. The number of aromatic nitrogens is 1. The highest BCUT2D eigenvalue weighted by molar-refractivity contribution is 7.19. The van der Waals surface area contributed by atoms with Crippen LogP contribution in [0.3, 0.4) is 0 Å². The Morgan fingerprint density at radius 1 is 1.21 bits per heavy atom. The second-order valence-electron chi connectivity index (χ2n) is 6.29. The number of methoxy groups -OCH3 is 2. The quantitative estimate of drug-likeness (QED) is 0.555. The van der Waals surface area contributed by atoms with Crippen LogP contribution in [-0.2, 0) is 4.74 Å². The lowest BCUT2D eigenvalue weighted by atomic mass is 10.1. The number of benzene rings is 2. The number of carboxylic acid groups (broad SMARTS) is 1. The molecule has 0 atom stereocenters. The molecule has 0 spiro atoms. The van der Waals surface area contributed by atoms with Crippen LogP contribution in [0, 0.1) is 6.92 Å². The number of hydrogen-bond acceptors (Lipinski definition) is 6. The van der Waals surface area contributed by atoms with Crippen molar-refractivity contribution in [2.24, 2.45) is 0 Å². The van der Waals surface area contributed by atoms with Crippen molar-refractivity contribution < 1.29 is 24.1 Å². The zero-order valence-electron chi connectivity index (χ0n) is 16.6. The van der Waals surface area contributed by atoms with Crippen molar-refractivity contribution in [2.45, 2.75) is 6.92 Å². The molecule has 1 N–H and O–H groups in total. The Kier molecular flexibility index (Phi) is 6.36. The molecule has 0 aliphatic heterocycles. The minimum absolute atomic E-state index is 0.149. The normalized spacial score (nSPS) is 11.2. The van der Waals surface area contributed by atoms with Gasteiger partial charge in [-0.05, 0) is 48.4 Å². The van der Waals surface area contributed by atoms with Crippen molar-refractivity contribution in [1.29, 1.82) is 0 Å². The van der Waals surface area contributed by atoms with Crippen LogP contribution in [0.4, 0.5) is 10.5 Å². The van der Waals surface area contributed by atoms with E-state index < -0.39 is 6.09 Å². The van der Waals surface area contributed by atoms with Crippen molar-refractivity contribution in [2.75, 3.05) is 33.0 Å². The summed E-state index contributed by atoms with van der Waals surface area (Å²) in [7, 11) is 4.68. The highest BCUT2D eigenvalue weighted by Gasteiger charge is 2.14. The third-order valence-corrected chi connectivity index (χ3v) is 5.29. The van der Waals surface area contributed by atoms with Crippen molar-refractivity contribution in [3.8, 4) is 11.5 Å². The molecule has 0 unspecified atom stereocenters. The Morgan fingerprint density at radius 3 is 2.69 bits per heavy atom. The third kappa shape index (κ3) is 4.67. The van der Waals surface area contributed by atoms with Gasteiger partial charge in [0.15, 0.2) is 18.3 Å². The van der Waals surface area contributed by atoms with E-state index in [9.17, 15) is 9.90 Å². The topological polar surface area (TPSA) is 81.1 Å². The van der Waals surface area contributed by atoms with Crippen LogP contribution < -0.4 is 14.4 Å². The minimum Gasteiger partial charge on any atom is -0.493 e. The maximum atomic E-state index is 11.3. The lowest BCUT2D eigenvalue weighted by Crippen LogP contribution is -2.24. The number of ether oxygens (including phenoxy) is 3. The first-order valence-electron chi connectivity index (χ1n) is 8.78. The summed E-state index contributed by atoms with van der Waals surface area (Å²) in [6.45, 7) is 2.03. The summed E-state index contributed by atoms with van der Waals surface area (Å²) < 4.78 is 16.7. The monoisotopic (exact) mass is 414 g/mol. The van der Waals surface area contributed by atoms with Gasteiger partial charge in [-0.25, -0.2) is 9.78 Å². The summed E-state index contributed by atoms with van der Waals surface area (Å²) in [5.41, 5.74) is 3.30. The summed E-state index contributed by atoms with van der Waals surface area (Å²) in [6, 6.07) is 9.38. The van der Waals surface area contributed by atoms with Gasteiger partial charge in [0, 0.05) is 14.2 Å². The van der Waals surface area contributed by atoms with Crippen molar-refractivity contribution in [3.05, 3.63) is 46.5 Å². The molecular weight excluding hydrogens is 392 g/mol. The lowest BCUT2D eigenvalue weighted by Gasteiger charge is -2.15. The molecule has 152 valence electrons. The second kappa shape index (κ2) is 8.93. The molecule has 0 saturated heterocycles. The first-order valence-corrected chi connectivity index (χ1v) is 9.60. The fourth-order valence-electron chi connectivity index (χ4n) is 2.82. The van der Waals surface area contributed by atoms with Gasteiger partial charge in [-0.1, -0.05) is 12.1 Å². The van der Waals surface area contributed by atoms with Gasteiger partial charge in [0.25, 0.3) is 0 Å². The molecule has 2 aromatic carbocycles. The molecular formula is C21H22N2O5S. The summed E-state index contributed by atoms with van der Waals surface area (Å²) in [5, 5.41) is 10.1. The molecule has 29 heavy (non-hydrogen) atoms. The van der Waals surface area contributed by atoms with E-state index in [2.05, 4.69) is 4.98 Å². The predicted octanol–water partition coefficient (Wildman–Crippen LogP) is 4.88. The molecule has 0 bridgehead atoms. The minimum atomic E-state index is -0.996. The van der Waals surface area contributed by atoms with Gasteiger partial charge < -0.3 is 19.3 Å². The van der Waals surface area contributed by atoms with Gasteiger partial charge in [-0.3, -0.25) is 4.90 Å². The van der Waals surface area contributed by atoms with Crippen LogP contribution in [0.15, 0.2) is 30.3 Å². The van der Waals surface area contributed by atoms with E-state index in [1.54, 1.807) is 14.2 Å². The molecule has 0 fully saturated rings. The second-order valence-corrected chi connectivity index (χ2v) is 7.36. The Bertz CT molecular complexity index is 1060. The van der Waals surface area contributed by atoms with Crippen LogP contribution in [0.25, 0.3) is 22.4 Å². The van der Waals surface area contributed by atoms with Crippen LogP contribution in [0.1, 0.15) is 16.1 Å². The summed E-state index contributed by atoms with van der Waals surface area (Å²) in [6.07, 6.45) is 2.87. The Hall–Kier alpha value is -3.10. The van der Waals surface area contributed by atoms with E-state index in [0.29, 0.717) is 17.2 Å². The van der Waals surface area contributed by atoms with E-state index in [-0.39, 0.29) is 6.79 Å². The molecule has 3 rings (SSSR count). The van der Waals surface area contributed by atoms with Crippen LogP contribution in [-0.4, -0.2) is 44.2 Å². The molecule has 3 aromatic rings. The van der Waals surface area contributed by atoms with Gasteiger partial charge >= 0.3 is 6.09 Å². The van der Waals surface area contributed by atoms with E-state index in [1.165, 1.54) is 23.3 Å². The smallest absolute Gasteiger partial charge is 0.411 e. The van der Waals surface area contributed by atoms with Gasteiger partial charge in [-0.15, -0.1) is 11.3 Å². The zero-order valence-corrected chi connectivity index (χ0v) is 17.4. The molecule has 8 heteroatoms. The third-order valence-electron chi connectivity index (χ3n) is 4.31. The van der Waals surface area contributed by atoms with E-state index in [1.807, 2.05) is 49.4 Å². The van der Waals surface area contributed by atoms with Gasteiger partial charge in [0.05, 0.1) is 23.0 Å². The molecule has 1 heterocycles. The first kappa shape index (κ1) is 20.6. The molecule has 7 nitrogen and oxygen atoms in total. The average molecular weight is 414 g/mol. The Morgan fingerprint density at radius 2 is 2.00 bits per heavy atom. The number of aryl methyl sites for hydroxylation is 1. The van der Waals surface area contributed by atoms with Gasteiger partial charge in [-0.2, -0.15) is 0 Å². The van der Waals surface area contributed by atoms with E-state index >= 15 is 0 Å². The number of amides is 1. The SMILES string of the molecule is COCOc1ccc(/C=C/c2nc3cc(C)c(N(C)C(=O)O)cc3s2)cc1OC. The Labute approximate surface area is 172 Å². The number of anilines is 1. The molecule has 1 amide bonds. The number of carbonyl (C=O) groups is 1. The fourth-order valence-corrected chi connectivity index (χ4v) is 3.70. The molecule has 0 aliphatic rings. The lowest BCUT2D eigenvalue weighted by molar-refractivity contribution is 0.0491. The molecule has 1 aromatic heterocycles. The van der Waals surface area contributed by atoms with Crippen molar-refractivity contribution in [3.63, 3.8) is 0 Å². The first-order chi connectivity index (χ1) is 13.9. The predicted molar refractivity (Wildman–Crippen MR) is 115 cm³/mol. The van der Waals surface area contributed by atoms with Gasteiger partial charge in [0.2, 0.25) is 0 Å². The van der Waals surface area contributed by atoms with Crippen molar-refractivity contribution in [1.82, 2.24) is 4.98 Å². The molecule has 0 saturated carbocycles. The number of fused-ring (bicyclic) bond motifs is 1. The summed E-state index contributed by atoms with van der Waals surface area (Å²) in [4.78, 5) is 17.1. The van der Waals surface area contributed by atoms with Crippen LogP contribution in [0.2, 0.25) is 0 Å². The highest BCUT2D eigenvalue weighted by atomic mass is 32.1. The summed E-state index contributed by atoms with van der Waals surface area (Å²) >= 11 is 1.50. The molecule has 0 radical (unpaired) electrons. The summed E-state index contributed by atoms with van der Waals surface area (Å²) in [5.74, 6) is 1.22. The van der Waals surface area contributed by atoms with E-state index in [0.717, 1.165) is 26.4 Å². The van der Waals surface area contributed by atoms with Crippen LogP contribution in [0.5, 0.6) is 11.5 Å². The maximum Gasteiger partial charge on any atom is 0.411 e. The van der Waals surface area contributed by atoms with Gasteiger partial charge in [0.1, 0.15) is 5.01 Å². The number of thiazole rings is 1. The fraction of sp³-hybridized carbons (Fsp3) is 0.238. The maximum absolute atomic E-state index is 11.3. The standard InChI is InChI=1S/C21H22N2O5S/c1-13-9-15-19(11-16(13)23(2)21(24)25)29-20(22-15)8-6-14-5-7-17(28-12-26-3)18(10-14)27-4/h5-11H,12H2,1-4H3,(H,24,25)/b8-6+. The Balaban J connectivity index is 1.86. The number of rotatable bonds is 7. The average Bonchev–Trinajstić information content (AvgIpc) is 3.11. The van der Waals surface area contributed by atoms with Crippen LogP contribution >= 0.6 is 11.3 Å².